The Morgan fingerprint density at radius 3 is 2.92 bits per heavy atom. The van der Waals surface area contributed by atoms with Crippen molar-refractivity contribution in [2.75, 3.05) is 0 Å². The molecule has 0 aliphatic carbocycles. The summed E-state index contributed by atoms with van der Waals surface area (Å²) in [6, 6.07) is 4.92. The number of phenolic OH excluding ortho intramolecular Hbond substituents is 1. The molecule has 12 heavy (non-hydrogen) atoms. The summed E-state index contributed by atoms with van der Waals surface area (Å²) >= 11 is 0. The van der Waals surface area contributed by atoms with E-state index in [0.29, 0.717) is 16.5 Å². The van der Waals surface area contributed by atoms with E-state index in [0.717, 1.165) is 0 Å². The zero-order valence-electron chi connectivity index (χ0n) is 6.32. The van der Waals surface area contributed by atoms with Crippen LogP contribution in [0.4, 0.5) is 0 Å². The summed E-state index contributed by atoms with van der Waals surface area (Å²) in [6.07, 6.45) is 1.51. The van der Waals surface area contributed by atoms with Gasteiger partial charge in [-0.2, -0.15) is 0 Å². The Balaban J connectivity index is 2.75. The molecule has 2 aromatic rings. The number of fused-ring (bicyclic) bond motifs is 1. The van der Waals surface area contributed by atoms with Gasteiger partial charge in [0.25, 0.3) is 0 Å². The van der Waals surface area contributed by atoms with Gasteiger partial charge in [0.2, 0.25) is 0 Å². The lowest BCUT2D eigenvalue weighted by molar-refractivity contribution is 0.281. The Morgan fingerprint density at radius 2 is 2.17 bits per heavy atom. The zero-order chi connectivity index (χ0) is 8.55. The summed E-state index contributed by atoms with van der Waals surface area (Å²) in [7, 11) is 0. The fourth-order valence-electron chi connectivity index (χ4n) is 1.20. The van der Waals surface area contributed by atoms with Gasteiger partial charge in [0.05, 0.1) is 18.3 Å². The molecule has 0 aliphatic heterocycles. The lowest BCUT2D eigenvalue weighted by atomic mass is 10.1. The van der Waals surface area contributed by atoms with Crippen LogP contribution in [-0.2, 0) is 6.61 Å². The molecular weight excluding hydrogens is 156 g/mol. The number of aliphatic hydroxyl groups is 1. The number of furan rings is 1. The van der Waals surface area contributed by atoms with E-state index in [1.54, 1.807) is 12.1 Å². The first-order chi connectivity index (χ1) is 5.81. The first-order valence-electron chi connectivity index (χ1n) is 3.61. The van der Waals surface area contributed by atoms with E-state index >= 15 is 0 Å². The highest BCUT2D eigenvalue weighted by Crippen LogP contribution is 2.27. The van der Waals surface area contributed by atoms with Gasteiger partial charge in [0, 0.05) is 0 Å². The Morgan fingerprint density at radius 1 is 1.33 bits per heavy atom. The summed E-state index contributed by atoms with van der Waals surface area (Å²) in [5, 5.41) is 18.9. The summed E-state index contributed by atoms with van der Waals surface area (Å²) in [5.74, 6) is 0.144. The Bertz CT molecular complexity index is 403. The molecule has 0 saturated carbocycles. The van der Waals surface area contributed by atoms with Gasteiger partial charge < -0.3 is 14.6 Å². The molecule has 3 heteroatoms. The van der Waals surface area contributed by atoms with Crippen LogP contribution in [0.2, 0.25) is 0 Å². The lowest BCUT2D eigenvalue weighted by Crippen LogP contribution is -1.81. The average molecular weight is 164 g/mol. The molecule has 1 aromatic carbocycles. The van der Waals surface area contributed by atoms with Crippen molar-refractivity contribution >= 4 is 11.0 Å². The predicted octanol–water partition coefficient (Wildman–Crippen LogP) is 1.63. The van der Waals surface area contributed by atoms with Crippen LogP contribution < -0.4 is 0 Å². The molecule has 0 saturated heterocycles. The number of hydrogen-bond acceptors (Lipinski definition) is 3. The standard InChI is InChI=1S/C9H8O3/c10-5-6-3-8(11)7-1-2-12-9(7)4-6/h1-4,10-11H,5H2. The second-order valence-electron chi connectivity index (χ2n) is 2.61. The van der Waals surface area contributed by atoms with Crippen molar-refractivity contribution in [1.29, 1.82) is 0 Å². The molecule has 0 bridgehead atoms. The Kier molecular flexibility index (Phi) is 1.52. The number of aliphatic hydroxyl groups excluding tert-OH is 1. The number of benzene rings is 1. The molecule has 0 radical (unpaired) electrons. The lowest BCUT2D eigenvalue weighted by Gasteiger charge is -1.97. The summed E-state index contributed by atoms with van der Waals surface area (Å²) in [4.78, 5) is 0. The zero-order valence-corrected chi connectivity index (χ0v) is 6.32. The summed E-state index contributed by atoms with van der Waals surface area (Å²) in [6.45, 7) is -0.0931. The van der Waals surface area contributed by atoms with Crippen LogP contribution in [-0.4, -0.2) is 10.2 Å². The molecule has 0 spiro atoms. The molecular formula is C9H8O3. The molecule has 0 atom stereocenters. The van der Waals surface area contributed by atoms with Crippen molar-refractivity contribution in [1.82, 2.24) is 0 Å². The van der Waals surface area contributed by atoms with Gasteiger partial charge in [-0.15, -0.1) is 0 Å². The van der Waals surface area contributed by atoms with Gasteiger partial charge in [0.15, 0.2) is 0 Å². The van der Waals surface area contributed by atoms with E-state index in [4.69, 9.17) is 9.52 Å². The van der Waals surface area contributed by atoms with E-state index in [1.165, 1.54) is 12.3 Å². The summed E-state index contributed by atoms with van der Waals surface area (Å²) < 4.78 is 5.07. The first-order valence-corrected chi connectivity index (χ1v) is 3.61. The molecule has 2 rings (SSSR count). The van der Waals surface area contributed by atoms with Crippen molar-refractivity contribution in [2.24, 2.45) is 0 Å². The maximum absolute atomic E-state index is 9.40. The molecule has 1 heterocycles. The molecule has 3 nitrogen and oxygen atoms in total. The van der Waals surface area contributed by atoms with Gasteiger partial charge in [-0.25, -0.2) is 0 Å². The highest BCUT2D eigenvalue weighted by molar-refractivity contribution is 5.84. The average Bonchev–Trinajstić information content (AvgIpc) is 2.52. The van der Waals surface area contributed by atoms with Gasteiger partial charge in [-0.1, -0.05) is 0 Å². The minimum atomic E-state index is -0.0931. The molecule has 0 unspecified atom stereocenters. The van der Waals surface area contributed by atoms with E-state index in [1.807, 2.05) is 0 Å². The van der Waals surface area contributed by atoms with Crippen molar-refractivity contribution in [3.8, 4) is 5.75 Å². The van der Waals surface area contributed by atoms with Crippen molar-refractivity contribution in [3.05, 3.63) is 30.0 Å². The van der Waals surface area contributed by atoms with Crippen LogP contribution in [0.3, 0.4) is 0 Å². The molecule has 0 aliphatic rings. The SMILES string of the molecule is OCc1cc(O)c2ccoc2c1. The topological polar surface area (TPSA) is 53.6 Å². The number of phenols is 1. The van der Waals surface area contributed by atoms with E-state index in [9.17, 15) is 5.11 Å². The molecule has 0 amide bonds. The van der Waals surface area contributed by atoms with Crippen LogP contribution in [0.1, 0.15) is 5.56 Å². The molecule has 0 fully saturated rings. The highest BCUT2D eigenvalue weighted by Gasteiger charge is 2.04. The van der Waals surface area contributed by atoms with Crippen molar-refractivity contribution in [2.45, 2.75) is 6.61 Å². The molecule has 62 valence electrons. The molecule has 1 aromatic heterocycles. The Hall–Kier alpha value is -1.48. The second-order valence-corrected chi connectivity index (χ2v) is 2.61. The third kappa shape index (κ3) is 0.950. The van der Waals surface area contributed by atoms with Crippen molar-refractivity contribution in [3.63, 3.8) is 0 Å². The quantitative estimate of drug-likeness (QED) is 0.673. The maximum Gasteiger partial charge on any atom is 0.137 e. The van der Waals surface area contributed by atoms with Crippen LogP contribution >= 0.6 is 0 Å². The summed E-state index contributed by atoms with van der Waals surface area (Å²) in [5.41, 5.74) is 1.24. The van der Waals surface area contributed by atoms with Gasteiger partial charge in [-0.3, -0.25) is 0 Å². The van der Waals surface area contributed by atoms with Crippen LogP contribution in [0.5, 0.6) is 5.75 Å². The third-order valence-corrected chi connectivity index (χ3v) is 1.79. The van der Waals surface area contributed by atoms with Gasteiger partial charge >= 0.3 is 0 Å². The normalized spacial score (nSPS) is 10.8. The van der Waals surface area contributed by atoms with Crippen LogP contribution in [0.15, 0.2) is 28.9 Å². The monoisotopic (exact) mass is 164 g/mol. The predicted molar refractivity (Wildman–Crippen MR) is 43.8 cm³/mol. The fraction of sp³-hybridized carbons (Fsp3) is 0.111. The van der Waals surface area contributed by atoms with Crippen LogP contribution in [0, 0.1) is 0 Å². The van der Waals surface area contributed by atoms with Crippen molar-refractivity contribution < 1.29 is 14.6 Å². The molecule has 2 N–H and O–H groups in total. The van der Waals surface area contributed by atoms with E-state index in [-0.39, 0.29) is 12.4 Å². The third-order valence-electron chi connectivity index (χ3n) is 1.79. The first kappa shape index (κ1) is 7.18. The van der Waals surface area contributed by atoms with Gasteiger partial charge in [-0.05, 0) is 23.8 Å². The number of aromatic hydroxyl groups is 1. The minimum absolute atomic E-state index is 0.0931. The minimum Gasteiger partial charge on any atom is -0.507 e. The second kappa shape index (κ2) is 2.53. The van der Waals surface area contributed by atoms with E-state index in [2.05, 4.69) is 0 Å². The Labute approximate surface area is 68.9 Å². The maximum atomic E-state index is 9.40. The van der Waals surface area contributed by atoms with Gasteiger partial charge in [0.1, 0.15) is 11.3 Å². The smallest absolute Gasteiger partial charge is 0.137 e. The van der Waals surface area contributed by atoms with E-state index < -0.39 is 0 Å². The number of hydrogen-bond donors (Lipinski definition) is 2. The largest absolute Gasteiger partial charge is 0.507 e. The fourth-order valence-corrected chi connectivity index (χ4v) is 1.20. The highest BCUT2D eigenvalue weighted by atomic mass is 16.3. The number of rotatable bonds is 1. The van der Waals surface area contributed by atoms with Crippen LogP contribution in [0.25, 0.3) is 11.0 Å².